The molecule has 0 fully saturated rings. The summed E-state index contributed by atoms with van der Waals surface area (Å²) in [5.74, 6) is 0.957. The van der Waals surface area contributed by atoms with Gasteiger partial charge in [0.25, 0.3) is 5.91 Å². The Balaban J connectivity index is 1.38. The first kappa shape index (κ1) is 25.3. The third-order valence-electron chi connectivity index (χ3n) is 4.73. The van der Waals surface area contributed by atoms with Crippen molar-refractivity contribution < 1.29 is 22.7 Å². The van der Waals surface area contributed by atoms with Gasteiger partial charge in [0.05, 0.1) is 5.75 Å². The topological polar surface area (TPSA) is 93.7 Å². The summed E-state index contributed by atoms with van der Waals surface area (Å²) in [6.07, 6.45) is 0. The molecule has 0 aliphatic carbocycles. The first-order chi connectivity index (χ1) is 16.3. The first-order valence-corrected chi connectivity index (χ1v) is 12.7. The molecule has 3 aromatic carbocycles. The Morgan fingerprint density at radius 2 is 1.38 bits per heavy atom. The van der Waals surface area contributed by atoms with Crippen LogP contribution in [0.4, 0.5) is 0 Å². The quantitative estimate of drug-likeness (QED) is 0.410. The molecule has 0 saturated heterocycles. The maximum atomic E-state index is 12.1. The number of ether oxygens (including phenoxy) is 2. The summed E-state index contributed by atoms with van der Waals surface area (Å²) in [4.78, 5) is 12.1. The molecule has 0 atom stereocenters. The van der Waals surface area contributed by atoms with Gasteiger partial charge in [0.2, 0.25) is 10.0 Å². The predicted octanol–water partition coefficient (Wildman–Crippen LogP) is 3.79. The average molecular weight is 483 g/mol. The van der Waals surface area contributed by atoms with Gasteiger partial charge in [-0.05, 0) is 54.8 Å². The van der Waals surface area contributed by atoms with E-state index in [1.54, 1.807) is 62.4 Å². The van der Waals surface area contributed by atoms with Gasteiger partial charge >= 0.3 is 0 Å². The van der Waals surface area contributed by atoms with Crippen molar-refractivity contribution in [2.45, 2.75) is 38.8 Å². The number of sulfonamides is 1. The fraction of sp³-hybridized carbons (Fsp3) is 0.269. The van der Waals surface area contributed by atoms with Gasteiger partial charge in [0, 0.05) is 12.6 Å². The monoisotopic (exact) mass is 482 g/mol. The van der Waals surface area contributed by atoms with Gasteiger partial charge < -0.3 is 14.8 Å². The zero-order valence-corrected chi connectivity index (χ0v) is 20.2. The Hall–Kier alpha value is -3.36. The molecule has 3 aromatic rings. The van der Waals surface area contributed by atoms with E-state index in [0.29, 0.717) is 24.5 Å². The Bertz CT molecular complexity index is 1150. The highest BCUT2D eigenvalue weighted by Crippen LogP contribution is 2.18. The molecule has 0 saturated carbocycles. The Labute approximate surface area is 201 Å². The molecule has 0 aliphatic heterocycles. The van der Waals surface area contributed by atoms with E-state index < -0.39 is 10.0 Å². The van der Waals surface area contributed by atoms with E-state index >= 15 is 0 Å². The standard InChI is InChI=1S/C26H30N2O5S/c1-20(2)28-34(30,31)19-23-10-8-21(9-11-23)16-27-26(29)18-33-25-14-12-24(13-15-25)32-17-22-6-4-3-5-7-22/h3-15,20,28H,16-19H2,1-2H3,(H,27,29). The number of nitrogens with one attached hydrogen (secondary N) is 2. The summed E-state index contributed by atoms with van der Waals surface area (Å²) in [5.41, 5.74) is 2.64. The first-order valence-electron chi connectivity index (χ1n) is 11.0. The van der Waals surface area contributed by atoms with Gasteiger partial charge in [-0.25, -0.2) is 13.1 Å². The smallest absolute Gasteiger partial charge is 0.258 e. The molecule has 2 N–H and O–H groups in total. The molecule has 1 amide bonds. The van der Waals surface area contributed by atoms with Crippen molar-refractivity contribution in [1.82, 2.24) is 10.0 Å². The number of amides is 1. The zero-order valence-electron chi connectivity index (χ0n) is 19.4. The highest BCUT2D eigenvalue weighted by Gasteiger charge is 2.13. The van der Waals surface area contributed by atoms with Crippen LogP contribution in [0, 0.1) is 0 Å². The molecule has 0 radical (unpaired) electrons. The van der Waals surface area contributed by atoms with Crippen LogP contribution in [-0.4, -0.2) is 27.0 Å². The van der Waals surface area contributed by atoms with E-state index in [9.17, 15) is 13.2 Å². The third kappa shape index (κ3) is 8.88. The maximum absolute atomic E-state index is 12.1. The molecule has 3 rings (SSSR count). The number of rotatable bonds is 12. The molecule has 0 aromatic heterocycles. The molecule has 0 unspecified atom stereocenters. The normalized spacial score (nSPS) is 11.3. The Kier molecular flexibility index (Phi) is 9.07. The van der Waals surface area contributed by atoms with Crippen LogP contribution in [0.5, 0.6) is 11.5 Å². The minimum Gasteiger partial charge on any atom is -0.489 e. The summed E-state index contributed by atoms with van der Waals surface area (Å²) in [6, 6.07) is 24.0. The summed E-state index contributed by atoms with van der Waals surface area (Å²) in [6.45, 7) is 4.26. The second kappa shape index (κ2) is 12.2. The van der Waals surface area contributed by atoms with Gasteiger partial charge in [-0.2, -0.15) is 0 Å². The second-order valence-electron chi connectivity index (χ2n) is 8.16. The van der Waals surface area contributed by atoms with E-state index in [-0.39, 0.29) is 24.3 Å². The van der Waals surface area contributed by atoms with E-state index in [1.807, 2.05) is 30.3 Å². The molecular weight excluding hydrogens is 452 g/mol. The fourth-order valence-corrected chi connectivity index (χ4v) is 4.58. The summed E-state index contributed by atoms with van der Waals surface area (Å²) in [7, 11) is -3.37. The average Bonchev–Trinajstić information content (AvgIpc) is 2.81. The molecule has 0 aliphatic rings. The maximum Gasteiger partial charge on any atom is 0.258 e. The van der Waals surface area contributed by atoms with Crippen molar-refractivity contribution in [1.29, 1.82) is 0 Å². The SMILES string of the molecule is CC(C)NS(=O)(=O)Cc1ccc(CNC(=O)COc2ccc(OCc3ccccc3)cc2)cc1. The lowest BCUT2D eigenvalue weighted by Gasteiger charge is -2.11. The van der Waals surface area contributed by atoms with Crippen molar-refractivity contribution in [2.75, 3.05) is 6.61 Å². The lowest BCUT2D eigenvalue weighted by Crippen LogP contribution is -2.31. The van der Waals surface area contributed by atoms with Crippen LogP contribution in [0.25, 0.3) is 0 Å². The molecular formula is C26H30N2O5S. The van der Waals surface area contributed by atoms with E-state index in [2.05, 4.69) is 10.0 Å². The molecule has 7 nitrogen and oxygen atoms in total. The van der Waals surface area contributed by atoms with Gasteiger partial charge in [-0.15, -0.1) is 0 Å². The molecule has 34 heavy (non-hydrogen) atoms. The van der Waals surface area contributed by atoms with Crippen molar-refractivity contribution in [3.63, 3.8) is 0 Å². The van der Waals surface area contributed by atoms with Gasteiger partial charge in [0.1, 0.15) is 18.1 Å². The molecule has 180 valence electrons. The van der Waals surface area contributed by atoms with E-state index in [0.717, 1.165) is 16.9 Å². The van der Waals surface area contributed by atoms with E-state index in [1.165, 1.54) is 0 Å². The van der Waals surface area contributed by atoms with Gasteiger partial charge in [0.15, 0.2) is 6.61 Å². The number of hydrogen-bond acceptors (Lipinski definition) is 5. The Morgan fingerprint density at radius 1 is 0.794 bits per heavy atom. The molecule has 0 heterocycles. The predicted molar refractivity (Wildman–Crippen MR) is 132 cm³/mol. The van der Waals surface area contributed by atoms with Crippen molar-refractivity contribution in [3.05, 3.63) is 95.6 Å². The minimum absolute atomic E-state index is 0.0816. The summed E-state index contributed by atoms with van der Waals surface area (Å²) in [5, 5.41) is 2.79. The third-order valence-corrected chi connectivity index (χ3v) is 6.27. The van der Waals surface area contributed by atoms with Crippen LogP contribution in [0.15, 0.2) is 78.9 Å². The highest BCUT2D eigenvalue weighted by molar-refractivity contribution is 7.88. The summed E-state index contributed by atoms with van der Waals surface area (Å²) >= 11 is 0. The number of hydrogen-bond donors (Lipinski definition) is 2. The molecule has 8 heteroatoms. The van der Waals surface area contributed by atoms with Crippen molar-refractivity contribution in [3.8, 4) is 11.5 Å². The summed E-state index contributed by atoms with van der Waals surface area (Å²) < 4.78 is 37.9. The minimum atomic E-state index is -3.37. The zero-order chi connectivity index (χ0) is 24.4. The lowest BCUT2D eigenvalue weighted by atomic mass is 10.1. The Morgan fingerprint density at radius 3 is 2.00 bits per heavy atom. The van der Waals surface area contributed by atoms with E-state index in [4.69, 9.17) is 9.47 Å². The number of benzene rings is 3. The van der Waals surface area contributed by atoms with Crippen LogP contribution in [0.3, 0.4) is 0 Å². The van der Waals surface area contributed by atoms with Gasteiger partial charge in [-0.3, -0.25) is 4.79 Å². The number of carbonyl (C=O) groups is 1. The van der Waals surface area contributed by atoms with Crippen LogP contribution >= 0.6 is 0 Å². The van der Waals surface area contributed by atoms with Crippen LogP contribution in [0.1, 0.15) is 30.5 Å². The number of carbonyl (C=O) groups excluding carboxylic acids is 1. The van der Waals surface area contributed by atoms with Crippen LogP contribution in [0.2, 0.25) is 0 Å². The highest BCUT2D eigenvalue weighted by atomic mass is 32.2. The van der Waals surface area contributed by atoms with Crippen LogP contribution in [-0.2, 0) is 33.7 Å². The second-order valence-corrected chi connectivity index (χ2v) is 9.91. The van der Waals surface area contributed by atoms with Crippen LogP contribution < -0.4 is 19.5 Å². The van der Waals surface area contributed by atoms with Crippen molar-refractivity contribution >= 4 is 15.9 Å². The largest absolute Gasteiger partial charge is 0.489 e. The van der Waals surface area contributed by atoms with Crippen molar-refractivity contribution in [2.24, 2.45) is 0 Å². The molecule has 0 bridgehead atoms. The van der Waals surface area contributed by atoms with Gasteiger partial charge in [-0.1, -0.05) is 54.6 Å². The lowest BCUT2D eigenvalue weighted by molar-refractivity contribution is -0.123. The fourth-order valence-electron chi connectivity index (χ4n) is 3.15. The molecule has 0 spiro atoms.